The fourth-order valence-corrected chi connectivity index (χ4v) is 4.21. The third-order valence-electron chi connectivity index (χ3n) is 5.38. The molecule has 0 aromatic heterocycles. The van der Waals surface area contributed by atoms with Gasteiger partial charge in [0.25, 0.3) is 0 Å². The molecule has 1 aliphatic rings. The van der Waals surface area contributed by atoms with Gasteiger partial charge in [0, 0.05) is 12.6 Å². The maximum atomic E-state index is 6.24. The van der Waals surface area contributed by atoms with Crippen molar-refractivity contribution in [2.75, 3.05) is 13.7 Å². The van der Waals surface area contributed by atoms with Gasteiger partial charge in [-0.05, 0) is 51.5 Å². The highest BCUT2D eigenvalue weighted by Crippen LogP contribution is 2.39. The van der Waals surface area contributed by atoms with Crippen LogP contribution in [0.1, 0.15) is 72.6 Å². The molecule has 1 N–H and O–H groups in total. The van der Waals surface area contributed by atoms with Gasteiger partial charge in [0.1, 0.15) is 0 Å². The third kappa shape index (κ3) is 3.95. The van der Waals surface area contributed by atoms with E-state index in [0.29, 0.717) is 6.04 Å². The van der Waals surface area contributed by atoms with Crippen molar-refractivity contribution in [3.8, 4) is 0 Å². The van der Waals surface area contributed by atoms with Crippen LogP contribution < -0.4 is 5.32 Å². The van der Waals surface area contributed by atoms with Crippen molar-refractivity contribution in [2.24, 2.45) is 11.8 Å². The maximum absolute atomic E-state index is 6.24. The molecule has 0 saturated heterocycles. The molecule has 0 radical (unpaired) electrons. The molecule has 1 saturated carbocycles. The Labute approximate surface area is 120 Å². The first-order valence-corrected chi connectivity index (χ1v) is 8.48. The van der Waals surface area contributed by atoms with Gasteiger partial charge in [-0.15, -0.1) is 0 Å². The van der Waals surface area contributed by atoms with E-state index in [1.165, 1.54) is 32.1 Å². The molecule has 114 valence electrons. The van der Waals surface area contributed by atoms with Crippen molar-refractivity contribution in [1.82, 2.24) is 5.32 Å². The molecular formula is C17H35NO. The summed E-state index contributed by atoms with van der Waals surface area (Å²) >= 11 is 0. The highest BCUT2D eigenvalue weighted by Gasteiger charge is 2.41. The summed E-state index contributed by atoms with van der Waals surface area (Å²) in [5, 5.41) is 3.62. The van der Waals surface area contributed by atoms with Gasteiger partial charge >= 0.3 is 0 Å². The molecule has 0 aromatic carbocycles. The number of hydrogen-bond donors (Lipinski definition) is 1. The van der Waals surface area contributed by atoms with E-state index in [-0.39, 0.29) is 5.60 Å². The molecular weight excluding hydrogens is 234 g/mol. The second kappa shape index (κ2) is 8.26. The minimum absolute atomic E-state index is 0.0315. The van der Waals surface area contributed by atoms with E-state index in [1.807, 2.05) is 0 Å². The standard InChI is InChI=1S/C17H35NO/c1-6-14-11-10-12-15(13-14)16(18-5)17(7-2,8-3)19-9-4/h14-16,18H,6-13H2,1-5H3. The van der Waals surface area contributed by atoms with Crippen molar-refractivity contribution in [2.45, 2.75) is 84.3 Å². The minimum atomic E-state index is 0.0315. The zero-order valence-electron chi connectivity index (χ0n) is 13.8. The smallest absolute Gasteiger partial charge is 0.0831 e. The van der Waals surface area contributed by atoms with Crippen LogP contribution >= 0.6 is 0 Å². The van der Waals surface area contributed by atoms with Gasteiger partial charge in [0.05, 0.1) is 5.60 Å². The monoisotopic (exact) mass is 269 g/mol. The predicted molar refractivity (Wildman–Crippen MR) is 83.5 cm³/mol. The van der Waals surface area contributed by atoms with Crippen LogP contribution in [0.4, 0.5) is 0 Å². The lowest BCUT2D eigenvalue weighted by molar-refractivity contribution is -0.0891. The Morgan fingerprint density at radius 2 is 1.84 bits per heavy atom. The van der Waals surface area contributed by atoms with Gasteiger partial charge in [-0.2, -0.15) is 0 Å². The van der Waals surface area contributed by atoms with Gasteiger partial charge in [0.15, 0.2) is 0 Å². The molecule has 3 unspecified atom stereocenters. The molecule has 0 amide bonds. The fraction of sp³-hybridized carbons (Fsp3) is 1.00. The lowest BCUT2D eigenvalue weighted by Gasteiger charge is -2.45. The van der Waals surface area contributed by atoms with E-state index in [9.17, 15) is 0 Å². The van der Waals surface area contributed by atoms with Gasteiger partial charge in [-0.25, -0.2) is 0 Å². The summed E-state index contributed by atoms with van der Waals surface area (Å²) in [6.45, 7) is 9.86. The van der Waals surface area contributed by atoms with E-state index in [2.05, 4.69) is 40.1 Å². The van der Waals surface area contributed by atoms with E-state index >= 15 is 0 Å². The van der Waals surface area contributed by atoms with Crippen molar-refractivity contribution >= 4 is 0 Å². The number of ether oxygens (including phenoxy) is 1. The lowest BCUT2D eigenvalue weighted by Crippen LogP contribution is -2.55. The Bertz CT molecular complexity index is 237. The first kappa shape index (κ1) is 17.0. The average Bonchev–Trinajstić information content (AvgIpc) is 2.47. The summed E-state index contributed by atoms with van der Waals surface area (Å²) in [6, 6.07) is 0.511. The Morgan fingerprint density at radius 3 is 2.32 bits per heavy atom. The normalized spacial score (nSPS) is 26.4. The summed E-state index contributed by atoms with van der Waals surface area (Å²) in [5.74, 6) is 1.72. The average molecular weight is 269 g/mol. The highest BCUT2D eigenvalue weighted by molar-refractivity contribution is 4.96. The maximum Gasteiger partial charge on any atom is 0.0831 e. The molecule has 0 heterocycles. The van der Waals surface area contributed by atoms with E-state index in [4.69, 9.17) is 4.74 Å². The first-order chi connectivity index (χ1) is 9.17. The molecule has 1 rings (SSSR count). The molecule has 0 aliphatic heterocycles. The summed E-state index contributed by atoms with van der Waals surface area (Å²) < 4.78 is 6.24. The second-order valence-corrected chi connectivity index (χ2v) is 6.17. The number of rotatable bonds is 8. The Hall–Kier alpha value is -0.0800. The van der Waals surface area contributed by atoms with Crippen LogP contribution in [0.25, 0.3) is 0 Å². The van der Waals surface area contributed by atoms with Crippen LogP contribution in [0.5, 0.6) is 0 Å². The lowest BCUT2D eigenvalue weighted by atomic mass is 9.71. The van der Waals surface area contributed by atoms with Gasteiger partial charge in [-0.1, -0.05) is 40.0 Å². The second-order valence-electron chi connectivity index (χ2n) is 6.17. The van der Waals surface area contributed by atoms with Crippen molar-refractivity contribution < 1.29 is 4.74 Å². The van der Waals surface area contributed by atoms with Crippen molar-refractivity contribution in [3.05, 3.63) is 0 Å². The van der Waals surface area contributed by atoms with E-state index in [0.717, 1.165) is 31.3 Å². The number of likely N-dealkylation sites (N-methyl/N-ethyl adjacent to an activating group) is 1. The van der Waals surface area contributed by atoms with Crippen LogP contribution in [0.15, 0.2) is 0 Å². The van der Waals surface area contributed by atoms with Crippen LogP contribution in [-0.2, 0) is 4.74 Å². The minimum Gasteiger partial charge on any atom is -0.374 e. The summed E-state index contributed by atoms with van der Waals surface area (Å²) in [4.78, 5) is 0. The van der Waals surface area contributed by atoms with Crippen LogP contribution in [0, 0.1) is 11.8 Å². The predicted octanol–water partition coefficient (Wildman–Crippen LogP) is 4.39. The highest BCUT2D eigenvalue weighted by atomic mass is 16.5. The molecule has 1 aliphatic carbocycles. The van der Waals surface area contributed by atoms with Crippen LogP contribution in [0.3, 0.4) is 0 Å². The fourth-order valence-electron chi connectivity index (χ4n) is 4.21. The van der Waals surface area contributed by atoms with Crippen LogP contribution in [0.2, 0.25) is 0 Å². The third-order valence-corrected chi connectivity index (χ3v) is 5.38. The molecule has 0 bridgehead atoms. The molecule has 0 aromatic rings. The number of nitrogens with one attached hydrogen (secondary N) is 1. The molecule has 3 atom stereocenters. The first-order valence-electron chi connectivity index (χ1n) is 8.48. The molecule has 2 nitrogen and oxygen atoms in total. The van der Waals surface area contributed by atoms with E-state index in [1.54, 1.807) is 0 Å². The molecule has 2 heteroatoms. The molecule has 19 heavy (non-hydrogen) atoms. The van der Waals surface area contributed by atoms with Crippen LogP contribution in [-0.4, -0.2) is 25.3 Å². The zero-order chi connectivity index (χ0) is 14.3. The molecule has 0 spiro atoms. The summed E-state index contributed by atoms with van der Waals surface area (Å²) in [5.41, 5.74) is 0.0315. The van der Waals surface area contributed by atoms with Gasteiger partial charge in [-0.3, -0.25) is 0 Å². The Kier molecular flexibility index (Phi) is 7.38. The quantitative estimate of drug-likeness (QED) is 0.706. The topological polar surface area (TPSA) is 21.3 Å². The zero-order valence-corrected chi connectivity index (χ0v) is 13.8. The molecule has 1 fully saturated rings. The Balaban J connectivity index is 2.83. The van der Waals surface area contributed by atoms with Gasteiger partial charge < -0.3 is 10.1 Å². The largest absolute Gasteiger partial charge is 0.374 e. The van der Waals surface area contributed by atoms with Crippen molar-refractivity contribution in [3.63, 3.8) is 0 Å². The van der Waals surface area contributed by atoms with Crippen molar-refractivity contribution in [1.29, 1.82) is 0 Å². The van der Waals surface area contributed by atoms with Gasteiger partial charge in [0.2, 0.25) is 0 Å². The SMILES string of the molecule is CCOC(CC)(CC)C(NC)C1CCCC(CC)C1. The number of hydrogen-bond acceptors (Lipinski definition) is 2. The summed E-state index contributed by atoms with van der Waals surface area (Å²) in [6.07, 6.45) is 9.15. The Morgan fingerprint density at radius 1 is 1.16 bits per heavy atom. The summed E-state index contributed by atoms with van der Waals surface area (Å²) in [7, 11) is 2.12. The van der Waals surface area contributed by atoms with E-state index < -0.39 is 0 Å².